The zero-order valence-electron chi connectivity index (χ0n) is 8.53. The Hall–Kier alpha value is -1.91. The van der Waals surface area contributed by atoms with Crippen LogP contribution < -0.4 is 5.32 Å². The van der Waals surface area contributed by atoms with Gasteiger partial charge in [-0.15, -0.1) is 0 Å². The highest BCUT2D eigenvalue weighted by molar-refractivity contribution is 5.91. The van der Waals surface area contributed by atoms with E-state index < -0.39 is 0 Å². The quantitative estimate of drug-likeness (QED) is 0.637. The summed E-state index contributed by atoms with van der Waals surface area (Å²) in [5, 5.41) is 21.2. The van der Waals surface area contributed by atoms with Gasteiger partial charge in [0.25, 0.3) is 0 Å². The second-order valence-corrected chi connectivity index (χ2v) is 3.24. The number of aromatic hydroxyl groups is 2. The maximum atomic E-state index is 11.1. The fraction of sp³-hybridized carbons (Fsp3) is 0.300. The predicted molar refractivity (Wildman–Crippen MR) is 55.6 cm³/mol. The molecule has 0 spiro atoms. The summed E-state index contributed by atoms with van der Waals surface area (Å²) in [4.78, 5) is 11.1. The van der Waals surface area contributed by atoms with Gasteiger partial charge in [0.15, 0.2) is 11.8 Å². The molecule has 0 aromatic carbocycles. The third-order valence-corrected chi connectivity index (χ3v) is 1.94. The molecule has 0 aliphatic carbocycles. The lowest BCUT2D eigenvalue weighted by Gasteiger charge is -2.07. The zero-order chi connectivity index (χ0) is 11.4. The van der Waals surface area contributed by atoms with E-state index in [1.807, 2.05) is 0 Å². The lowest BCUT2D eigenvalue weighted by atomic mass is 10.3. The number of hydrogen-bond acceptors (Lipinski definition) is 3. The molecule has 1 aromatic rings. The lowest BCUT2D eigenvalue weighted by Crippen LogP contribution is -2.27. The Morgan fingerprint density at radius 3 is 2.47 bits per heavy atom. The van der Waals surface area contributed by atoms with Crippen molar-refractivity contribution >= 4 is 5.91 Å². The Kier molecular flexibility index (Phi) is 3.38. The van der Waals surface area contributed by atoms with Crippen molar-refractivity contribution in [3.8, 4) is 11.8 Å². The van der Waals surface area contributed by atoms with E-state index in [1.54, 1.807) is 6.92 Å². The standard InChI is InChI=1S/C10H14N2O3/c1-7(2)10(15)11-5-6-12-8(13)3-4-9(12)14/h3-4,13-14H,1,5-6H2,2H3,(H,11,15). The number of nitrogens with one attached hydrogen (secondary N) is 1. The van der Waals surface area contributed by atoms with Crippen LogP contribution in [-0.2, 0) is 11.3 Å². The normalized spacial score (nSPS) is 9.93. The van der Waals surface area contributed by atoms with Crippen molar-refractivity contribution in [3.05, 3.63) is 24.3 Å². The van der Waals surface area contributed by atoms with Crippen LogP contribution >= 0.6 is 0 Å². The van der Waals surface area contributed by atoms with Gasteiger partial charge in [0.05, 0.1) is 0 Å². The third-order valence-electron chi connectivity index (χ3n) is 1.94. The van der Waals surface area contributed by atoms with Crippen LogP contribution in [0.5, 0.6) is 11.8 Å². The van der Waals surface area contributed by atoms with Crippen LogP contribution in [-0.4, -0.2) is 27.2 Å². The summed E-state index contributed by atoms with van der Waals surface area (Å²) in [5.74, 6) is -0.296. The molecule has 0 unspecified atom stereocenters. The van der Waals surface area contributed by atoms with Gasteiger partial charge in [-0.2, -0.15) is 0 Å². The average Bonchev–Trinajstić information content (AvgIpc) is 2.48. The van der Waals surface area contributed by atoms with E-state index in [-0.39, 0.29) is 17.7 Å². The van der Waals surface area contributed by atoms with E-state index in [1.165, 1.54) is 16.7 Å². The Morgan fingerprint density at radius 1 is 1.47 bits per heavy atom. The number of rotatable bonds is 4. The molecule has 0 radical (unpaired) electrons. The number of aromatic nitrogens is 1. The first kappa shape index (κ1) is 11.2. The molecule has 82 valence electrons. The first-order chi connectivity index (χ1) is 7.02. The summed E-state index contributed by atoms with van der Waals surface area (Å²) in [6, 6.07) is 2.77. The van der Waals surface area contributed by atoms with Crippen molar-refractivity contribution in [2.45, 2.75) is 13.5 Å². The molecule has 0 bridgehead atoms. The van der Waals surface area contributed by atoms with Crippen LogP contribution in [0.4, 0.5) is 0 Å². The van der Waals surface area contributed by atoms with Gasteiger partial charge >= 0.3 is 0 Å². The molecule has 0 fully saturated rings. The highest BCUT2D eigenvalue weighted by atomic mass is 16.3. The maximum Gasteiger partial charge on any atom is 0.246 e. The van der Waals surface area contributed by atoms with E-state index >= 15 is 0 Å². The second kappa shape index (κ2) is 4.54. The molecular formula is C10H14N2O3. The zero-order valence-corrected chi connectivity index (χ0v) is 8.53. The van der Waals surface area contributed by atoms with Crippen LogP contribution in [0, 0.1) is 0 Å². The minimum absolute atomic E-state index is 0.0305. The fourth-order valence-corrected chi connectivity index (χ4v) is 1.11. The minimum Gasteiger partial charge on any atom is -0.494 e. The molecule has 1 rings (SSSR count). The van der Waals surface area contributed by atoms with Crippen molar-refractivity contribution in [3.63, 3.8) is 0 Å². The van der Waals surface area contributed by atoms with Crippen LogP contribution in [0.3, 0.4) is 0 Å². The van der Waals surface area contributed by atoms with Crippen molar-refractivity contribution in [1.29, 1.82) is 0 Å². The highest BCUT2D eigenvalue weighted by Crippen LogP contribution is 2.19. The summed E-state index contributed by atoms with van der Waals surface area (Å²) in [5.41, 5.74) is 0.427. The Labute approximate surface area is 87.7 Å². The SMILES string of the molecule is C=C(C)C(=O)NCCn1c(O)ccc1O. The Balaban J connectivity index is 2.45. The van der Waals surface area contributed by atoms with E-state index in [0.717, 1.165) is 0 Å². The summed E-state index contributed by atoms with van der Waals surface area (Å²) < 4.78 is 1.29. The first-order valence-corrected chi connectivity index (χ1v) is 4.53. The van der Waals surface area contributed by atoms with Crippen molar-refractivity contribution in [1.82, 2.24) is 9.88 Å². The van der Waals surface area contributed by atoms with E-state index in [0.29, 0.717) is 18.7 Å². The summed E-state index contributed by atoms with van der Waals surface area (Å²) >= 11 is 0. The summed E-state index contributed by atoms with van der Waals surface area (Å²) in [7, 11) is 0. The van der Waals surface area contributed by atoms with E-state index in [4.69, 9.17) is 0 Å². The highest BCUT2D eigenvalue weighted by Gasteiger charge is 2.06. The van der Waals surface area contributed by atoms with Crippen LogP contribution in [0.1, 0.15) is 6.92 Å². The second-order valence-electron chi connectivity index (χ2n) is 3.24. The van der Waals surface area contributed by atoms with Crippen molar-refractivity contribution in [2.24, 2.45) is 0 Å². The smallest absolute Gasteiger partial charge is 0.246 e. The molecule has 0 atom stereocenters. The molecule has 1 heterocycles. The number of hydrogen-bond donors (Lipinski definition) is 3. The van der Waals surface area contributed by atoms with Gasteiger partial charge < -0.3 is 15.5 Å². The largest absolute Gasteiger partial charge is 0.494 e. The number of carbonyl (C=O) groups is 1. The minimum atomic E-state index is -0.235. The molecule has 15 heavy (non-hydrogen) atoms. The first-order valence-electron chi connectivity index (χ1n) is 4.53. The molecule has 0 saturated heterocycles. The number of nitrogens with zero attached hydrogens (tertiary/aromatic N) is 1. The van der Waals surface area contributed by atoms with Gasteiger partial charge in [0, 0.05) is 30.8 Å². The van der Waals surface area contributed by atoms with Gasteiger partial charge in [-0.1, -0.05) is 6.58 Å². The molecule has 1 aromatic heterocycles. The van der Waals surface area contributed by atoms with Gasteiger partial charge in [0.1, 0.15) is 0 Å². The molecule has 1 amide bonds. The molecular weight excluding hydrogens is 196 g/mol. The monoisotopic (exact) mass is 210 g/mol. The Morgan fingerprint density at radius 2 is 2.00 bits per heavy atom. The topological polar surface area (TPSA) is 74.5 Å². The van der Waals surface area contributed by atoms with Gasteiger partial charge in [-0.25, -0.2) is 0 Å². The number of carbonyl (C=O) groups excluding carboxylic acids is 1. The van der Waals surface area contributed by atoms with Crippen LogP contribution in [0.15, 0.2) is 24.3 Å². The van der Waals surface area contributed by atoms with Crippen molar-refractivity contribution < 1.29 is 15.0 Å². The van der Waals surface area contributed by atoms with Gasteiger partial charge in [0.2, 0.25) is 5.91 Å². The molecule has 3 N–H and O–H groups in total. The molecule has 0 aliphatic rings. The molecule has 5 heteroatoms. The summed E-state index contributed by atoms with van der Waals surface area (Å²) in [6.45, 7) is 5.73. The molecule has 0 saturated carbocycles. The Bertz CT molecular complexity index is 363. The fourth-order valence-electron chi connectivity index (χ4n) is 1.11. The van der Waals surface area contributed by atoms with Gasteiger partial charge in [-0.3, -0.25) is 9.36 Å². The maximum absolute atomic E-state index is 11.1. The number of amides is 1. The average molecular weight is 210 g/mol. The van der Waals surface area contributed by atoms with Crippen molar-refractivity contribution in [2.75, 3.05) is 6.54 Å². The van der Waals surface area contributed by atoms with E-state index in [2.05, 4.69) is 11.9 Å². The van der Waals surface area contributed by atoms with Gasteiger partial charge in [-0.05, 0) is 6.92 Å². The lowest BCUT2D eigenvalue weighted by molar-refractivity contribution is -0.117. The van der Waals surface area contributed by atoms with Crippen LogP contribution in [0.2, 0.25) is 0 Å². The molecule has 0 aliphatic heterocycles. The summed E-state index contributed by atoms with van der Waals surface area (Å²) in [6.07, 6.45) is 0. The molecule has 5 nitrogen and oxygen atoms in total. The van der Waals surface area contributed by atoms with E-state index in [9.17, 15) is 15.0 Å². The predicted octanol–water partition coefficient (Wildman–Crippen LogP) is 0.592. The van der Waals surface area contributed by atoms with Crippen LogP contribution in [0.25, 0.3) is 0 Å². The third kappa shape index (κ3) is 2.77.